The Kier molecular flexibility index (Phi) is 3.99. The number of fused-ring (bicyclic) bond motifs is 2. The molecule has 0 spiro atoms. The molecule has 3 aliphatic rings. The van der Waals surface area contributed by atoms with Gasteiger partial charge >= 0.3 is 0 Å². The van der Waals surface area contributed by atoms with E-state index in [1.807, 2.05) is 0 Å². The van der Waals surface area contributed by atoms with E-state index >= 15 is 0 Å². The Morgan fingerprint density at radius 3 is 2.69 bits per heavy atom. The predicted molar refractivity (Wildman–Crippen MR) is 89.7 cm³/mol. The molecule has 1 saturated heterocycles. The molecule has 3 aliphatic heterocycles. The van der Waals surface area contributed by atoms with Crippen LogP contribution in [0.5, 0.6) is 5.75 Å². The number of benzene rings is 1. The Labute approximate surface area is 149 Å². The van der Waals surface area contributed by atoms with Crippen molar-refractivity contribution in [1.82, 2.24) is 15.5 Å². The number of hydrogen-bond acceptors (Lipinski definition) is 6. The number of aryl methyl sites for hydroxylation is 1. The largest absolute Gasteiger partial charge is 0.496 e. The fourth-order valence-electron chi connectivity index (χ4n) is 3.95. The molecule has 4 amide bonds. The molecule has 136 valence electrons. The zero-order chi connectivity index (χ0) is 18.4. The maximum absolute atomic E-state index is 13.0. The molecule has 26 heavy (non-hydrogen) atoms. The number of piperidine rings is 1. The summed E-state index contributed by atoms with van der Waals surface area (Å²) in [6, 6.07) is 0.787. The van der Waals surface area contributed by atoms with E-state index in [4.69, 9.17) is 4.74 Å². The molecular weight excluding hydrogens is 338 g/mol. The van der Waals surface area contributed by atoms with Crippen molar-refractivity contribution in [2.45, 2.75) is 38.3 Å². The normalized spacial score (nSPS) is 22.7. The van der Waals surface area contributed by atoms with Crippen LogP contribution in [-0.4, -0.2) is 48.2 Å². The Morgan fingerprint density at radius 2 is 1.96 bits per heavy atom. The topological polar surface area (TPSA) is 105 Å². The molecule has 1 fully saturated rings. The lowest BCUT2D eigenvalue weighted by molar-refractivity contribution is -0.136. The summed E-state index contributed by atoms with van der Waals surface area (Å²) in [7, 11) is 1.48. The van der Waals surface area contributed by atoms with Crippen LogP contribution in [0, 0.1) is 0 Å². The van der Waals surface area contributed by atoms with Crippen molar-refractivity contribution < 1.29 is 23.9 Å². The lowest BCUT2D eigenvalue weighted by Crippen LogP contribution is -2.54. The minimum absolute atomic E-state index is 0.0986. The Morgan fingerprint density at radius 1 is 1.15 bits per heavy atom. The fraction of sp³-hybridized carbons (Fsp3) is 0.444. The minimum atomic E-state index is -0.970. The molecule has 0 saturated carbocycles. The van der Waals surface area contributed by atoms with Gasteiger partial charge in [-0.1, -0.05) is 0 Å². The van der Waals surface area contributed by atoms with Crippen molar-refractivity contribution in [3.05, 3.63) is 28.3 Å². The summed E-state index contributed by atoms with van der Waals surface area (Å²) in [5.74, 6) is -1.64. The second-order valence-electron chi connectivity index (χ2n) is 6.70. The first-order valence-corrected chi connectivity index (χ1v) is 8.68. The average molecular weight is 357 g/mol. The third kappa shape index (κ3) is 2.40. The first-order chi connectivity index (χ1) is 12.5. The second kappa shape index (κ2) is 6.21. The van der Waals surface area contributed by atoms with Gasteiger partial charge in [-0.25, -0.2) is 0 Å². The highest BCUT2D eigenvalue weighted by atomic mass is 16.5. The van der Waals surface area contributed by atoms with Gasteiger partial charge in [0.2, 0.25) is 11.8 Å². The van der Waals surface area contributed by atoms with E-state index in [0.29, 0.717) is 12.3 Å². The van der Waals surface area contributed by atoms with Crippen molar-refractivity contribution in [1.29, 1.82) is 0 Å². The van der Waals surface area contributed by atoms with E-state index in [0.717, 1.165) is 35.4 Å². The summed E-state index contributed by atoms with van der Waals surface area (Å²) in [6.45, 7) is 1.42. The quantitative estimate of drug-likeness (QED) is 0.729. The van der Waals surface area contributed by atoms with Crippen molar-refractivity contribution >= 4 is 23.6 Å². The Hall–Kier alpha value is -2.74. The van der Waals surface area contributed by atoms with Crippen molar-refractivity contribution in [3.8, 4) is 5.75 Å². The van der Waals surface area contributed by atoms with E-state index < -0.39 is 29.7 Å². The number of rotatable bonds is 2. The molecule has 0 bridgehead atoms. The van der Waals surface area contributed by atoms with Crippen LogP contribution in [0.25, 0.3) is 0 Å². The number of imide groups is 2. The van der Waals surface area contributed by atoms with Gasteiger partial charge in [0.15, 0.2) is 0 Å². The molecule has 1 atom stereocenters. The molecule has 0 aromatic heterocycles. The van der Waals surface area contributed by atoms with Crippen LogP contribution in [0.4, 0.5) is 0 Å². The van der Waals surface area contributed by atoms with Gasteiger partial charge in [-0.05, 0) is 37.4 Å². The highest BCUT2D eigenvalue weighted by molar-refractivity contribution is 6.24. The van der Waals surface area contributed by atoms with E-state index in [9.17, 15) is 19.2 Å². The zero-order valence-corrected chi connectivity index (χ0v) is 14.4. The molecule has 8 nitrogen and oxygen atoms in total. The maximum atomic E-state index is 13.0. The predicted octanol–water partition coefficient (Wildman–Crippen LogP) is 0.132. The molecule has 3 heterocycles. The number of ether oxygens (including phenoxy) is 1. The Balaban J connectivity index is 1.79. The van der Waals surface area contributed by atoms with Gasteiger partial charge in [-0.3, -0.25) is 29.4 Å². The molecule has 8 heteroatoms. The molecule has 0 radical (unpaired) electrons. The van der Waals surface area contributed by atoms with E-state index in [1.54, 1.807) is 6.07 Å². The smallest absolute Gasteiger partial charge is 0.266 e. The standard InChI is InChI=1S/C18H19N3O5/c1-26-15-11-8-19-6-2-3-9(11)7-10-14(15)18(25)21(17(10)24)12-4-5-13(22)20-16(12)23/h7,12,19H,2-6,8H2,1H3,(H,20,22,23). The van der Waals surface area contributed by atoms with Crippen LogP contribution in [0.3, 0.4) is 0 Å². The first-order valence-electron chi connectivity index (χ1n) is 8.68. The summed E-state index contributed by atoms with van der Waals surface area (Å²) in [5.41, 5.74) is 2.36. The summed E-state index contributed by atoms with van der Waals surface area (Å²) >= 11 is 0. The van der Waals surface area contributed by atoms with Crippen molar-refractivity contribution in [3.63, 3.8) is 0 Å². The summed E-state index contributed by atoms with van der Waals surface area (Å²) in [6.07, 6.45) is 1.95. The molecule has 1 aromatic rings. The SMILES string of the molecule is COc1c2c(cc3c1C(=O)N(C1CCC(=O)NC1=O)C3=O)CCCNC2. The van der Waals surface area contributed by atoms with E-state index in [1.165, 1.54) is 7.11 Å². The van der Waals surface area contributed by atoms with Crippen LogP contribution in [0.15, 0.2) is 6.07 Å². The van der Waals surface area contributed by atoms with Crippen LogP contribution in [0.1, 0.15) is 51.1 Å². The van der Waals surface area contributed by atoms with Gasteiger partial charge in [-0.15, -0.1) is 0 Å². The van der Waals surface area contributed by atoms with Crippen LogP contribution >= 0.6 is 0 Å². The fourth-order valence-corrected chi connectivity index (χ4v) is 3.95. The number of nitrogens with one attached hydrogen (secondary N) is 2. The van der Waals surface area contributed by atoms with Gasteiger partial charge in [0, 0.05) is 18.5 Å². The number of methoxy groups -OCH3 is 1. The number of carbonyl (C=O) groups is 4. The molecule has 4 rings (SSSR count). The molecule has 2 N–H and O–H groups in total. The maximum Gasteiger partial charge on any atom is 0.266 e. The highest BCUT2D eigenvalue weighted by Crippen LogP contribution is 2.38. The van der Waals surface area contributed by atoms with Crippen molar-refractivity contribution in [2.24, 2.45) is 0 Å². The van der Waals surface area contributed by atoms with Gasteiger partial charge in [0.25, 0.3) is 11.8 Å². The third-order valence-corrected chi connectivity index (χ3v) is 5.19. The highest BCUT2D eigenvalue weighted by Gasteiger charge is 2.46. The van der Waals surface area contributed by atoms with Crippen LogP contribution in [0.2, 0.25) is 0 Å². The molecular formula is C18H19N3O5. The van der Waals surface area contributed by atoms with E-state index in [-0.39, 0.29) is 24.0 Å². The summed E-state index contributed by atoms with van der Waals surface area (Å²) in [5, 5.41) is 5.49. The third-order valence-electron chi connectivity index (χ3n) is 5.19. The second-order valence-corrected chi connectivity index (χ2v) is 6.70. The number of nitrogens with zero attached hydrogens (tertiary/aromatic N) is 1. The van der Waals surface area contributed by atoms with Crippen LogP contribution < -0.4 is 15.4 Å². The van der Waals surface area contributed by atoms with Gasteiger partial charge in [0.05, 0.1) is 18.2 Å². The lowest BCUT2D eigenvalue weighted by atomic mass is 9.96. The number of amides is 4. The van der Waals surface area contributed by atoms with Crippen LogP contribution in [-0.2, 0) is 22.6 Å². The van der Waals surface area contributed by atoms with E-state index in [2.05, 4.69) is 10.6 Å². The average Bonchev–Trinajstić information content (AvgIpc) is 2.79. The number of hydrogen-bond donors (Lipinski definition) is 2. The number of carbonyl (C=O) groups excluding carboxylic acids is 4. The minimum Gasteiger partial charge on any atom is -0.496 e. The van der Waals surface area contributed by atoms with Gasteiger partial charge in [0.1, 0.15) is 11.8 Å². The lowest BCUT2D eigenvalue weighted by Gasteiger charge is -2.27. The monoisotopic (exact) mass is 357 g/mol. The van der Waals surface area contributed by atoms with Crippen molar-refractivity contribution in [2.75, 3.05) is 13.7 Å². The van der Waals surface area contributed by atoms with Gasteiger partial charge in [-0.2, -0.15) is 0 Å². The van der Waals surface area contributed by atoms with Gasteiger partial charge < -0.3 is 10.1 Å². The first kappa shape index (κ1) is 16.7. The molecule has 0 aliphatic carbocycles. The summed E-state index contributed by atoms with van der Waals surface area (Å²) in [4.78, 5) is 50.5. The Bertz CT molecular complexity index is 848. The zero-order valence-electron chi connectivity index (χ0n) is 14.4. The molecule has 1 unspecified atom stereocenters. The summed E-state index contributed by atoms with van der Waals surface area (Å²) < 4.78 is 5.51. The molecule has 1 aromatic carbocycles.